The number of anilines is 2. The molecule has 0 aromatic heterocycles. The lowest BCUT2D eigenvalue weighted by atomic mass is 10.2. The molecular formula is C19H24ClN3O4S. The Morgan fingerprint density at radius 2 is 1.79 bits per heavy atom. The molecule has 1 amide bonds. The zero-order chi connectivity index (χ0) is 19.4. The molecule has 7 nitrogen and oxygen atoms in total. The van der Waals surface area contributed by atoms with Crippen LogP contribution < -0.4 is 15.8 Å². The number of carbonyl (C=O) groups is 1. The maximum atomic E-state index is 13.0. The first-order valence-electron chi connectivity index (χ1n) is 8.85. The van der Waals surface area contributed by atoms with Crippen LogP contribution in [0.2, 0.25) is 0 Å². The average Bonchev–Trinajstić information content (AvgIpc) is 3.19. The van der Waals surface area contributed by atoms with Crippen molar-refractivity contribution in [1.29, 1.82) is 0 Å². The topological polar surface area (TPSA) is 102 Å². The number of halogens is 1. The first-order valence-corrected chi connectivity index (χ1v) is 10.3. The number of rotatable bonds is 6. The molecule has 0 aliphatic carbocycles. The maximum absolute atomic E-state index is 13.0. The molecule has 1 saturated heterocycles. The first-order chi connectivity index (χ1) is 12.9. The Hall–Kier alpha value is -2.29. The Balaban J connectivity index is 0.00000280. The third-order valence-corrected chi connectivity index (χ3v) is 6.28. The highest BCUT2D eigenvalue weighted by Crippen LogP contribution is 2.31. The van der Waals surface area contributed by atoms with Gasteiger partial charge in [0.05, 0.1) is 6.61 Å². The van der Waals surface area contributed by atoms with E-state index >= 15 is 0 Å². The summed E-state index contributed by atoms with van der Waals surface area (Å²) in [5.74, 6) is -0.0569. The van der Waals surface area contributed by atoms with Gasteiger partial charge < -0.3 is 15.8 Å². The molecule has 1 aliphatic heterocycles. The summed E-state index contributed by atoms with van der Waals surface area (Å²) in [5, 5.41) is 2.73. The van der Waals surface area contributed by atoms with E-state index in [1.54, 1.807) is 43.3 Å². The fourth-order valence-corrected chi connectivity index (χ4v) is 4.64. The van der Waals surface area contributed by atoms with Gasteiger partial charge in [0, 0.05) is 30.0 Å². The van der Waals surface area contributed by atoms with Crippen LogP contribution in [-0.4, -0.2) is 38.3 Å². The summed E-state index contributed by atoms with van der Waals surface area (Å²) in [4.78, 5) is 12.5. The predicted octanol–water partition coefficient (Wildman–Crippen LogP) is 3.13. The summed E-state index contributed by atoms with van der Waals surface area (Å²) in [6.45, 7) is 3.13. The summed E-state index contributed by atoms with van der Waals surface area (Å²) in [6, 6.07) is 11.1. The van der Waals surface area contributed by atoms with Crippen LogP contribution in [0.5, 0.6) is 5.75 Å². The van der Waals surface area contributed by atoms with Crippen molar-refractivity contribution in [2.75, 3.05) is 30.7 Å². The number of nitrogen functional groups attached to an aromatic ring is 1. The molecule has 1 fully saturated rings. The number of amides is 1. The Labute approximate surface area is 171 Å². The van der Waals surface area contributed by atoms with Crippen molar-refractivity contribution in [3.8, 4) is 5.75 Å². The number of hydrogen-bond acceptors (Lipinski definition) is 5. The van der Waals surface area contributed by atoms with Gasteiger partial charge in [0.25, 0.3) is 5.91 Å². The number of sulfonamides is 1. The van der Waals surface area contributed by atoms with Crippen LogP contribution in [-0.2, 0) is 10.0 Å². The van der Waals surface area contributed by atoms with E-state index in [-0.39, 0.29) is 29.0 Å². The van der Waals surface area contributed by atoms with Crippen molar-refractivity contribution in [2.45, 2.75) is 24.7 Å². The second-order valence-electron chi connectivity index (χ2n) is 6.28. The van der Waals surface area contributed by atoms with Gasteiger partial charge in [-0.15, -0.1) is 12.4 Å². The van der Waals surface area contributed by atoms with Crippen LogP contribution in [0.3, 0.4) is 0 Å². The van der Waals surface area contributed by atoms with Crippen LogP contribution in [0.1, 0.15) is 30.1 Å². The zero-order valence-electron chi connectivity index (χ0n) is 15.6. The number of nitrogens with two attached hydrogens (primary N) is 1. The second-order valence-corrected chi connectivity index (χ2v) is 8.19. The lowest BCUT2D eigenvalue weighted by molar-refractivity contribution is 0.102. The minimum atomic E-state index is -3.68. The highest BCUT2D eigenvalue weighted by atomic mass is 35.5. The lowest BCUT2D eigenvalue weighted by Gasteiger charge is -2.19. The van der Waals surface area contributed by atoms with Crippen LogP contribution in [0.15, 0.2) is 47.4 Å². The van der Waals surface area contributed by atoms with E-state index in [1.165, 1.54) is 10.4 Å². The standard InChI is InChI=1S/C19H23N3O4S.ClH/c1-2-26-17-10-9-16(21-19(23)14-5-7-15(20)8-6-14)13-18(17)27(24,25)22-11-3-4-12-22;/h5-10,13H,2-4,11-12,20H2,1H3,(H,21,23);1H. The normalized spacial score (nSPS) is 14.3. The van der Waals surface area contributed by atoms with Gasteiger partial charge in [0.15, 0.2) is 0 Å². The largest absolute Gasteiger partial charge is 0.492 e. The number of carbonyl (C=O) groups excluding carboxylic acids is 1. The summed E-state index contributed by atoms with van der Waals surface area (Å²) >= 11 is 0. The van der Waals surface area contributed by atoms with Crippen molar-refractivity contribution in [1.82, 2.24) is 4.31 Å². The molecule has 0 atom stereocenters. The van der Waals surface area contributed by atoms with Crippen molar-refractivity contribution in [2.24, 2.45) is 0 Å². The Bertz CT molecular complexity index is 927. The van der Waals surface area contributed by atoms with E-state index in [2.05, 4.69) is 5.32 Å². The van der Waals surface area contributed by atoms with Crippen LogP contribution in [0, 0.1) is 0 Å². The van der Waals surface area contributed by atoms with Gasteiger partial charge in [-0.05, 0) is 62.2 Å². The molecule has 3 N–H and O–H groups in total. The third kappa shape index (κ3) is 4.76. The first kappa shape index (κ1) is 22.0. The quantitative estimate of drug-likeness (QED) is 0.692. The minimum Gasteiger partial charge on any atom is -0.492 e. The van der Waals surface area contributed by atoms with Crippen LogP contribution >= 0.6 is 12.4 Å². The lowest BCUT2D eigenvalue weighted by Crippen LogP contribution is -2.28. The highest BCUT2D eigenvalue weighted by molar-refractivity contribution is 7.89. The van der Waals surface area contributed by atoms with Crippen LogP contribution in [0.4, 0.5) is 11.4 Å². The van der Waals surface area contributed by atoms with Crippen molar-refractivity contribution < 1.29 is 17.9 Å². The van der Waals surface area contributed by atoms with Gasteiger partial charge in [-0.25, -0.2) is 8.42 Å². The molecule has 0 unspecified atom stereocenters. The Morgan fingerprint density at radius 1 is 1.14 bits per heavy atom. The van der Waals surface area contributed by atoms with E-state index < -0.39 is 10.0 Å². The van der Waals surface area contributed by atoms with E-state index in [9.17, 15) is 13.2 Å². The van der Waals surface area contributed by atoms with Gasteiger partial charge in [0.1, 0.15) is 10.6 Å². The van der Waals surface area contributed by atoms with Crippen molar-refractivity contribution >= 4 is 39.7 Å². The monoisotopic (exact) mass is 425 g/mol. The van der Waals surface area contributed by atoms with E-state index in [1.807, 2.05) is 0 Å². The fourth-order valence-electron chi connectivity index (χ4n) is 2.97. The van der Waals surface area contributed by atoms with E-state index in [0.29, 0.717) is 36.6 Å². The Morgan fingerprint density at radius 3 is 2.39 bits per heavy atom. The van der Waals surface area contributed by atoms with Gasteiger partial charge >= 0.3 is 0 Å². The molecule has 152 valence electrons. The molecule has 0 radical (unpaired) electrons. The molecule has 2 aromatic carbocycles. The van der Waals surface area contributed by atoms with Crippen molar-refractivity contribution in [3.63, 3.8) is 0 Å². The highest BCUT2D eigenvalue weighted by Gasteiger charge is 2.30. The fraction of sp³-hybridized carbons (Fsp3) is 0.316. The van der Waals surface area contributed by atoms with E-state index in [0.717, 1.165) is 12.8 Å². The molecule has 1 heterocycles. The smallest absolute Gasteiger partial charge is 0.255 e. The van der Waals surface area contributed by atoms with Crippen molar-refractivity contribution in [3.05, 3.63) is 48.0 Å². The average molecular weight is 426 g/mol. The molecule has 2 aromatic rings. The molecule has 0 spiro atoms. The molecule has 9 heteroatoms. The molecule has 0 saturated carbocycles. The summed E-state index contributed by atoms with van der Waals surface area (Å²) < 4.78 is 33.0. The minimum absolute atomic E-state index is 0. The number of benzene rings is 2. The number of nitrogens with one attached hydrogen (secondary N) is 1. The summed E-state index contributed by atoms with van der Waals surface area (Å²) in [7, 11) is -3.68. The molecule has 0 bridgehead atoms. The number of nitrogens with zero attached hydrogens (tertiary/aromatic N) is 1. The maximum Gasteiger partial charge on any atom is 0.255 e. The predicted molar refractivity (Wildman–Crippen MR) is 112 cm³/mol. The Kier molecular flexibility index (Phi) is 7.29. The molecular weight excluding hydrogens is 402 g/mol. The summed E-state index contributed by atoms with van der Waals surface area (Å²) in [5.41, 5.74) is 7.02. The number of ether oxygens (including phenoxy) is 1. The van der Waals surface area contributed by atoms with Crippen LogP contribution in [0.25, 0.3) is 0 Å². The molecule has 3 rings (SSSR count). The SMILES string of the molecule is CCOc1ccc(NC(=O)c2ccc(N)cc2)cc1S(=O)(=O)N1CCCC1.Cl. The third-order valence-electron chi connectivity index (χ3n) is 4.36. The van der Waals surface area contributed by atoms with Gasteiger partial charge in [-0.3, -0.25) is 4.79 Å². The second kappa shape index (κ2) is 9.27. The summed E-state index contributed by atoms with van der Waals surface area (Å²) in [6.07, 6.45) is 1.69. The van der Waals surface area contributed by atoms with Gasteiger partial charge in [-0.2, -0.15) is 4.31 Å². The number of hydrogen-bond donors (Lipinski definition) is 2. The molecule has 28 heavy (non-hydrogen) atoms. The van der Waals surface area contributed by atoms with Gasteiger partial charge in [0.2, 0.25) is 10.0 Å². The van der Waals surface area contributed by atoms with E-state index in [4.69, 9.17) is 10.5 Å². The molecule has 1 aliphatic rings. The van der Waals surface area contributed by atoms with Gasteiger partial charge in [-0.1, -0.05) is 0 Å². The zero-order valence-corrected chi connectivity index (χ0v) is 17.2.